The van der Waals surface area contributed by atoms with E-state index in [1.165, 1.54) is 0 Å². The third-order valence-corrected chi connectivity index (χ3v) is 3.28. The molecule has 102 valence electrons. The number of nitrogens with zero attached hydrogens (tertiary/aromatic N) is 1. The zero-order chi connectivity index (χ0) is 13.8. The molecule has 19 heavy (non-hydrogen) atoms. The maximum atomic E-state index is 10.7. The number of furan rings is 1. The monoisotopic (exact) mass is 261 g/mol. The van der Waals surface area contributed by atoms with Crippen molar-refractivity contribution in [3.8, 4) is 0 Å². The maximum Gasteiger partial charge on any atom is 0.304 e. The molecule has 0 unspecified atom stereocenters. The zero-order valence-corrected chi connectivity index (χ0v) is 11.3. The van der Waals surface area contributed by atoms with Gasteiger partial charge in [0.15, 0.2) is 0 Å². The summed E-state index contributed by atoms with van der Waals surface area (Å²) in [6, 6.07) is 8.20. The first-order valence-corrected chi connectivity index (χ1v) is 6.49. The number of aliphatic carboxylic acids is 1. The lowest BCUT2D eigenvalue weighted by molar-refractivity contribution is -0.137. The molecule has 4 nitrogen and oxygen atoms in total. The summed E-state index contributed by atoms with van der Waals surface area (Å²) in [5.74, 6) is -0.761. The van der Waals surface area contributed by atoms with Crippen molar-refractivity contribution in [2.45, 2.75) is 32.9 Å². The smallest absolute Gasteiger partial charge is 0.304 e. The van der Waals surface area contributed by atoms with Crippen molar-refractivity contribution in [3.05, 3.63) is 36.1 Å². The van der Waals surface area contributed by atoms with E-state index in [2.05, 4.69) is 18.7 Å². The number of carboxylic acid groups (broad SMARTS) is 1. The maximum absolute atomic E-state index is 10.7. The first-order chi connectivity index (χ1) is 9.08. The van der Waals surface area contributed by atoms with Gasteiger partial charge in [0.2, 0.25) is 0 Å². The Morgan fingerprint density at radius 3 is 2.79 bits per heavy atom. The molecular formula is C15H19NO3. The van der Waals surface area contributed by atoms with Crippen LogP contribution in [0.3, 0.4) is 0 Å². The third-order valence-electron chi connectivity index (χ3n) is 3.28. The number of rotatable bonds is 6. The van der Waals surface area contributed by atoms with Gasteiger partial charge in [-0.05, 0) is 19.9 Å². The Bertz CT molecular complexity index is 559. The molecule has 0 aliphatic heterocycles. The topological polar surface area (TPSA) is 53.7 Å². The Morgan fingerprint density at radius 1 is 1.37 bits per heavy atom. The van der Waals surface area contributed by atoms with Crippen molar-refractivity contribution in [3.63, 3.8) is 0 Å². The molecule has 0 saturated carbocycles. The molecule has 0 spiro atoms. The molecule has 0 aliphatic carbocycles. The molecule has 0 bridgehead atoms. The van der Waals surface area contributed by atoms with E-state index < -0.39 is 5.97 Å². The standard InChI is InChI=1S/C15H19NO3/c1-11(2)16(8-7-15(17)18)9-12-10-19-14-6-4-3-5-13(12)14/h3-6,10-11H,7-9H2,1-2H3,(H,17,18). The SMILES string of the molecule is CC(C)N(CCC(=O)O)Cc1coc2ccccc12. The molecule has 2 aromatic rings. The second-order valence-corrected chi connectivity index (χ2v) is 4.97. The van der Waals surface area contributed by atoms with E-state index in [0.717, 1.165) is 16.5 Å². The molecule has 0 atom stereocenters. The Kier molecular flexibility index (Phi) is 4.22. The number of para-hydroxylation sites is 1. The van der Waals surface area contributed by atoms with Gasteiger partial charge in [-0.15, -0.1) is 0 Å². The van der Waals surface area contributed by atoms with Crippen LogP contribution in [-0.4, -0.2) is 28.6 Å². The molecule has 0 saturated heterocycles. The van der Waals surface area contributed by atoms with Gasteiger partial charge in [0.05, 0.1) is 12.7 Å². The average molecular weight is 261 g/mol. The molecule has 0 amide bonds. The summed E-state index contributed by atoms with van der Waals surface area (Å²) in [5, 5.41) is 9.90. The third kappa shape index (κ3) is 3.35. The normalized spacial score (nSPS) is 11.6. The van der Waals surface area contributed by atoms with E-state index in [9.17, 15) is 4.79 Å². The van der Waals surface area contributed by atoms with E-state index in [1.807, 2.05) is 24.3 Å². The summed E-state index contributed by atoms with van der Waals surface area (Å²) >= 11 is 0. The van der Waals surface area contributed by atoms with Crippen LogP contribution >= 0.6 is 0 Å². The molecule has 1 N–H and O–H groups in total. The van der Waals surface area contributed by atoms with Gasteiger partial charge in [-0.2, -0.15) is 0 Å². The number of benzene rings is 1. The lowest BCUT2D eigenvalue weighted by atomic mass is 10.1. The van der Waals surface area contributed by atoms with Crippen LogP contribution in [0, 0.1) is 0 Å². The number of hydrogen-bond donors (Lipinski definition) is 1. The van der Waals surface area contributed by atoms with Crippen LogP contribution in [0.2, 0.25) is 0 Å². The number of carboxylic acids is 1. The van der Waals surface area contributed by atoms with Gasteiger partial charge >= 0.3 is 5.97 Å². The van der Waals surface area contributed by atoms with Crippen LogP contribution in [-0.2, 0) is 11.3 Å². The van der Waals surface area contributed by atoms with Crippen molar-refractivity contribution in [2.24, 2.45) is 0 Å². The van der Waals surface area contributed by atoms with Crippen molar-refractivity contribution in [2.75, 3.05) is 6.54 Å². The van der Waals surface area contributed by atoms with Crippen LogP contribution in [0.5, 0.6) is 0 Å². The summed E-state index contributed by atoms with van der Waals surface area (Å²) in [4.78, 5) is 12.8. The average Bonchev–Trinajstić information content (AvgIpc) is 2.77. The number of fused-ring (bicyclic) bond motifs is 1. The van der Waals surface area contributed by atoms with Gasteiger partial charge in [0, 0.05) is 30.1 Å². The van der Waals surface area contributed by atoms with Crippen LogP contribution in [0.1, 0.15) is 25.8 Å². The molecule has 0 fully saturated rings. The molecule has 2 rings (SSSR count). The van der Waals surface area contributed by atoms with Gasteiger partial charge in [0.1, 0.15) is 5.58 Å². The highest BCUT2D eigenvalue weighted by atomic mass is 16.4. The Labute approximate surface area is 112 Å². The highest BCUT2D eigenvalue weighted by Crippen LogP contribution is 2.22. The Balaban J connectivity index is 2.14. The van der Waals surface area contributed by atoms with Gasteiger partial charge in [0.25, 0.3) is 0 Å². The lowest BCUT2D eigenvalue weighted by Crippen LogP contribution is -2.32. The summed E-state index contributed by atoms with van der Waals surface area (Å²) in [5.41, 5.74) is 1.98. The molecular weight excluding hydrogens is 242 g/mol. The van der Waals surface area contributed by atoms with Crippen LogP contribution < -0.4 is 0 Å². The molecule has 0 aliphatic rings. The molecule has 0 radical (unpaired) electrons. The van der Waals surface area contributed by atoms with E-state index in [-0.39, 0.29) is 6.42 Å². The first-order valence-electron chi connectivity index (χ1n) is 6.49. The van der Waals surface area contributed by atoms with E-state index in [0.29, 0.717) is 19.1 Å². The highest BCUT2D eigenvalue weighted by molar-refractivity contribution is 5.80. The molecule has 1 aromatic carbocycles. The van der Waals surface area contributed by atoms with Crippen molar-refractivity contribution >= 4 is 16.9 Å². The minimum Gasteiger partial charge on any atom is -0.481 e. The Morgan fingerprint density at radius 2 is 2.11 bits per heavy atom. The van der Waals surface area contributed by atoms with Crippen molar-refractivity contribution < 1.29 is 14.3 Å². The van der Waals surface area contributed by atoms with Gasteiger partial charge in [-0.3, -0.25) is 9.69 Å². The van der Waals surface area contributed by atoms with E-state index in [4.69, 9.17) is 9.52 Å². The van der Waals surface area contributed by atoms with Crippen LogP contribution in [0.4, 0.5) is 0 Å². The summed E-state index contributed by atoms with van der Waals surface area (Å²) < 4.78 is 5.51. The fourth-order valence-electron chi connectivity index (χ4n) is 2.13. The molecule has 4 heteroatoms. The lowest BCUT2D eigenvalue weighted by Gasteiger charge is -2.25. The van der Waals surface area contributed by atoms with E-state index >= 15 is 0 Å². The minimum absolute atomic E-state index is 0.161. The van der Waals surface area contributed by atoms with Crippen molar-refractivity contribution in [1.29, 1.82) is 0 Å². The first kappa shape index (κ1) is 13.6. The minimum atomic E-state index is -0.761. The fourth-order valence-corrected chi connectivity index (χ4v) is 2.13. The predicted octanol–water partition coefficient (Wildman–Crippen LogP) is 3.12. The molecule has 1 aromatic heterocycles. The number of carbonyl (C=O) groups is 1. The van der Waals surface area contributed by atoms with Crippen molar-refractivity contribution in [1.82, 2.24) is 4.90 Å². The summed E-state index contributed by atoms with van der Waals surface area (Å²) in [7, 11) is 0. The van der Waals surface area contributed by atoms with Crippen LogP contribution in [0.15, 0.2) is 34.9 Å². The molecule has 1 heterocycles. The van der Waals surface area contributed by atoms with E-state index in [1.54, 1.807) is 6.26 Å². The van der Waals surface area contributed by atoms with Gasteiger partial charge in [-0.1, -0.05) is 18.2 Å². The van der Waals surface area contributed by atoms with Crippen LogP contribution in [0.25, 0.3) is 11.0 Å². The predicted molar refractivity (Wildman–Crippen MR) is 74.0 cm³/mol. The second kappa shape index (κ2) is 5.89. The summed E-state index contributed by atoms with van der Waals surface area (Å²) in [6.07, 6.45) is 1.93. The largest absolute Gasteiger partial charge is 0.481 e. The Hall–Kier alpha value is -1.81. The zero-order valence-electron chi connectivity index (χ0n) is 11.3. The number of hydrogen-bond acceptors (Lipinski definition) is 3. The summed E-state index contributed by atoms with van der Waals surface area (Å²) in [6.45, 7) is 5.41. The second-order valence-electron chi connectivity index (χ2n) is 4.97. The fraction of sp³-hybridized carbons (Fsp3) is 0.400. The van der Waals surface area contributed by atoms with Gasteiger partial charge < -0.3 is 9.52 Å². The van der Waals surface area contributed by atoms with Gasteiger partial charge in [-0.25, -0.2) is 0 Å². The quantitative estimate of drug-likeness (QED) is 0.868. The highest BCUT2D eigenvalue weighted by Gasteiger charge is 2.14.